The van der Waals surface area contributed by atoms with E-state index in [1.807, 2.05) is 54.3 Å². The second-order valence-corrected chi connectivity index (χ2v) is 9.47. The summed E-state index contributed by atoms with van der Waals surface area (Å²) in [5, 5.41) is 0.625. The number of allylic oxidation sites excluding steroid dienone is 3. The van der Waals surface area contributed by atoms with E-state index in [0.717, 1.165) is 28.6 Å². The number of halogens is 4. The van der Waals surface area contributed by atoms with E-state index in [1.165, 1.54) is 6.08 Å². The molecule has 3 atom stereocenters. The molecule has 0 amide bonds. The Morgan fingerprint density at radius 1 is 1.15 bits per heavy atom. The lowest BCUT2D eigenvalue weighted by Crippen LogP contribution is -2.32. The van der Waals surface area contributed by atoms with Gasteiger partial charge in [-0.1, -0.05) is 61.0 Å². The topological polar surface area (TPSA) is 31.9 Å². The third-order valence-corrected chi connectivity index (χ3v) is 7.22. The number of alkyl halides is 3. The fourth-order valence-electron chi connectivity index (χ4n) is 5.08. The second kappa shape index (κ2) is 8.24. The van der Waals surface area contributed by atoms with E-state index in [0.29, 0.717) is 23.8 Å². The van der Waals surface area contributed by atoms with E-state index in [1.54, 1.807) is 6.08 Å². The number of aromatic amines is 1. The molecule has 0 saturated carbocycles. The average molecular weight is 472 g/mol. The standard InChI is InChI=1S/C26H25ClF3N3/c1-15-10-11-33(24(15)25-31-21-12-16(2)20(27)14-22(21)32-25)23-13-18(17-6-4-3-5-7-17)8-9-19(23)26(28,29)30/h3-7,9,12-15,18,24H,8,10-11H2,1-2H3,(H,31,32)/t15-,18?,24-/m0/s1. The molecule has 33 heavy (non-hydrogen) atoms. The van der Waals surface area contributed by atoms with E-state index in [9.17, 15) is 13.2 Å². The number of fused-ring (bicyclic) bond motifs is 1. The first-order valence-corrected chi connectivity index (χ1v) is 11.6. The minimum Gasteiger partial charge on any atom is -0.361 e. The number of nitrogens with zero attached hydrogens (tertiary/aromatic N) is 2. The van der Waals surface area contributed by atoms with Gasteiger partial charge in [-0.3, -0.25) is 0 Å². The summed E-state index contributed by atoms with van der Waals surface area (Å²) in [6.07, 6.45) is -0.136. The van der Waals surface area contributed by atoms with Gasteiger partial charge in [0.25, 0.3) is 0 Å². The number of hydrogen-bond acceptors (Lipinski definition) is 2. The number of imidazole rings is 1. The number of H-pyrrole nitrogens is 1. The molecule has 1 unspecified atom stereocenters. The van der Waals surface area contributed by atoms with Crippen molar-refractivity contribution in [2.45, 2.75) is 44.8 Å². The fraction of sp³-hybridized carbons (Fsp3) is 0.346. The molecular formula is C26H25ClF3N3. The van der Waals surface area contributed by atoms with Crippen LogP contribution in [0.15, 0.2) is 65.9 Å². The van der Waals surface area contributed by atoms with E-state index < -0.39 is 11.7 Å². The van der Waals surface area contributed by atoms with Crippen LogP contribution in [0.4, 0.5) is 13.2 Å². The van der Waals surface area contributed by atoms with Crippen LogP contribution in [-0.4, -0.2) is 27.6 Å². The minimum absolute atomic E-state index is 0.0963. The lowest BCUT2D eigenvalue weighted by molar-refractivity contribution is -0.0923. The number of hydrogen-bond donors (Lipinski definition) is 1. The van der Waals surface area contributed by atoms with Crippen LogP contribution in [0, 0.1) is 12.8 Å². The van der Waals surface area contributed by atoms with Crippen molar-refractivity contribution in [2.75, 3.05) is 6.54 Å². The zero-order valence-electron chi connectivity index (χ0n) is 18.5. The van der Waals surface area contributed by atoms with Gasteiger partial charge in [-0.2, -0.15) is 13.2 Å². The highest BCUT2D eigenvalue weighted by Gasteiger charge is 2.44. The van der Waals surface area contributed by atoms with E-state index in [2.05, 4.69) is 11.9 Å². The number of nitrogens with one attached hydrogen (secondary N) is 1. The van der Waals surface area contributed by atoms with Gasteiger partial charge in [-0.25, -0.2) is 4.98 Å². The van der Waals surface area contributed by atoms with E-state index >= 15 is 0 Å². The quantitative estimate of drug-likeness (QED) is 0.429. The van der Waals surface area contributed by atoms with Gasteiger partial charge in [0.05, 0.1) is 22.6 Å². The minimum atomic E-state index is -4.41. The lowest BCUT2D eigenvalue weighted by Gasteiger charge is -2.34. The summed E-state index contributed by atoms with van der Waals surface area (Å²) in [5.74, 6) is 0.733. The Morgan fingerprint density at radius 3 is 2.64 bits per heavy atom. The maximum atomic E-state index is 14.1. The Morgan fingerprint density at radius 2 is 1.91 bits per heavy atom. The van der Waals surface area contributed by atoms with Crippen LogP contribution in [-0.2, 0) is 0 Å². The lowest BCUT2D eigenvalue weighted by atomic mass is 9.87. The summed E-state index contributed by atoms with van der Waals surface area (Å²) in [5.41, 5.74) is 3.22. The van der Waals surface area contributed by atoms with Crippen LogP contribution >= 0.6 is 11.6 Å². The monoisotopic (exact) mass is 471 g/mol. The molecule has 1 aliphatic carbocycles. The number of benzene rings is 2. The number of aromatic nitrogens is 2. The van der Waals surface area contributed by atoms with Gasteiger partial charge >= 0.3 is 6.18 Å². The van der Waals surface area contributed by atoms with Gasteiger partial charge in [0, 0.05) is 23.2 Å². The predicted octanol–water partition coefficient (Wildman–Crippen LogP) is 7.47. The van der Waals surface area contributed by atoms with Gasteiger partial charge < -0.3 is 9.88 Å². The van der Waals surface area contributed by atoms with Crippen LogP contribution in [0.3, 0.4) is 0 Å². The molecule has 1 aromatic heterocycles. The molecule has 1 fully saturated rings. The summed E-state index contributed by atoms with van der Waals surface area (Å²) >= 11 is 6.27. The molecule has 0 bridgehead atoms. The summed E-state index contributed by atoms with van der Waals surface area (Å²) in [4.78, 5) is 10.0. The Bertz CT molecular complexity index is 1200. The van der Waals surface area contributed by atoms with Gasteiger partial charge in [0.2, 0.25) is 0 Å². The largest absolute Gasteiger partial charge is 0.418 e. The van der Waals surface area contributed by atoms with Crippen molar-refractivity contribution < 1.29 is 13.2 Å². The molecule has 0 radical (unpaired) electrons. The second-order valence-electron chi connectivity index (χ2n) is 9.07. The highest BCUT2D eigenvalue weighted by atomic mass is 35.5. The molecule has 0 spiro atoms. The molecule has 5 rings (SSSR count). The highest BCUT2D eigenvalue weighted by molar-refractivity contribution is 6.32. The fourth-order valence-corrected chi connectivity index (χ4v) is 5.23. The molecule has 1 saturated heterocycles. The van der Waals surface area contributed by atoms with Crippen molar-refractivity contribution in [1.29, 1.82) is 0 Å². The van der Waals surface area contributed by atoms with E-state index in [4.69, 9.17) is 16.6 Å². The molecule has 7 heteroatoms. The van der Waals surface area contributed by atoms with Gasteiger partial charge in [-0.05, 0) is 48.9 Å². The van der Waals surface area contributed by atoms with Crippen molar-refractivity contribution in [1.82, 2.24) is 14.9 Å². The van der Waals surface area contributed by atoms with E-state index in [-0.39, 0.29) is 23.6 Å². The third kappa shape index (κ3) is 4.05. The van der Waals surface area contributed by atoms with Gasteiger partial charge in [0.15, 0.2) is 0 Å². The predicted molar refractivity (Wildman–Crippen MR) is 125 cm³/mol. The zero-order chi connectivity index (χ0) is 23.3. The van der Waals surface area contributed by atoms with Crippen molar-refractivity contribution in [2.24, 2.45) is 5.92 Å². The highest BCUT2D eigenvalue weighted by Crippen LogP contribution is 2.46. The van der Waals surface area contributed by atoms with Crippen molar-refractivity contribution >= 4 is 22.6 Å². The Labute approximate surface area is 196 Å². The molecule has 2 heterocycles. The first kappa shape index (κ1) is 22.1. The van der Waals surface area contributed by atoms with Crippen molar-refractivity contribution in [3.05, 3.63) is 87.9 Å². The number of aryl methyl sites for hydroxylation is 1. The first-order valence-electron chi connectivity index (χ1n) is 11.2. The summed E-state index contributed by atoms with van der Waals surface area (Å²) in [6, 6.07) is 13.2. The molecule has 172 valence electrons. The normalized spacial score (nSPS) is 23.7. The van der Waals surface area contributed by atoms with Gasteiger partial charge in [-0.15, -0.1) is 0 Å². The maximum absolute atomic E-state index is 14.1. The third-order valence-electron chi connectivity index (χ3n) is 6.81. The SMILES string of the molecule is Cc1cc2[nH]c([C@@H]3[C@@H](C)CCN3C3=CC(c4ccccc4)CC=C3C(F)(F)F)nc2cc1Cl. The first-order chi connectivity index (χ1) is 15.7. The van der Waals surface area contributed by atoms with Crippen LogP contribution in [0.25, 0.3) is 11.0 Å². The molecular weight excluding hydrogens is 447 g/mol. The van der Waals surface area contributed by atoms with Gasteiger partial charge in [0.1, 0.15) is 5.82 Å². The van der Waals surface area contributed by atoms with Crippen LogP contribution in [0.2, 0.25) is 5.02 Å². The molecule has 2 aromatic carbocycles. The molecule has 2 aliphatic rings. The molecule has 1 N–H and O–H groups in total. The number of likely N-dealkylation sites (tertiary alicyclic amines) is 1. The summed E-state index contributed by atoms with van der Waals surface area (Å²) in [6.45, 7) is 4.54. The van der Waals surface area contributed by atoms with Crippen molar-refractivity contribution in [3.8, 4) is 0 Å². The summed E-state index contributed by atoms with van der Waals surface area (Å²) < 4.78 is 42.3. The maximum Gasteiger partial charge on any atom is 0.418 e. The zero-order valence-corrected chi connectivity index (χ0v) is 19.2. The summed E-state index contributed by atoms with van der Waals surface area (Å²) in [7, 11) is 0. The Balaban J connectivity index is 1.58. The molecule has 1 aliphatic heterocycles. The number of rotatable bonds is 3. The Hall–Kier alpha value is -2.73. The molecule has 3 nitrogen and oxygen atoms in total. The van der Waals surface area contributed by atoms with Crippen molar-refractivity contribution in [3.63, 3.8) is 0 Å². The van der Waals surface area contributed by atoms with Crippen LogP contribution in [0.1, 0.15) is 48.7 Å². The van der Waals surface area contributed by atoms with Crippen LogP contribution in [0.5, 0.6) is 0 Å². The molecule has 3 aromatic rings. The average Bonchev–Trinajstić information content (AvgIpc) is 3.36. The van der Waals surface area contributed by atoms with Crippen LogP contribution < -0.4 is 0 Å². The Kier molecular flexibility index (Phi) is 5.52. The smallest absolute Gasteiger partial charge is 0.361 e.